The summed E-state index contributed by atoms with van der Waals surface area (Å²) in [4.78, 5) is 0. The zero-order valence-electron chi connectivity index (χ0n) is 5.73. The van der Waals surface area contributed by atoms with Gasteiger partial charge in [-0.15, -0.1) is 0 Å². The maximum atomic E-state index is 2.23. The van der Waals surface area contributed by atoms with E-state index in [1.54, 1.807) is 0 Å². The molecule has 1 rings (SSSR count). The Bertz CT molecular complexity index is 165. The van der Waals surface area contributed by atoms with Gasteiger partial charge in [0.05, 0.1) is 0 Å². The fourth-order valence-corrected chi connectivity index (χ4v) is 2.27. The summed E-state index contributed by atoms with van der Waals surface area (Å²) in [6, 6.07) is 6.66. The molecule has 0 aliphatic heterocycles. The van der Waals surface area contributed by atoms with Gasteiger partial charge in [0.1, 0.15) is 0 Å². The molecule has 0 unspecified atom stereocenters. The predicted octanol–water partition coefficient (Wildman–Crippen LogP) is 1.10. The van der Waals surface area contributed by atoms with Crippen LogP contribution in [-0.2, 0) is 0 Å². The molecule has 0 amide bonds. The molecule has 0 spiro atoms. The summed E-state index contributed by atoms with van der Waals surface area (Å²) in [5, 5.41) is 0. The Balaban J connectivity index is 3.17. The van der Waals surface area contributed by atoms with E-state index in [0.29, 0.717) is 0 Å². The molecule has 0 bridgehead atoms. The molecule has 0 aliphatic carbocycles. The van der Waals surface area contributed by atoms with Gasteiger partial charge in [-0.1, -0.05) is 0 Å². The van der Waals surface area contributed by atoms with Crippen molar-refractivity contribution in [3.63, 3.8) is 0 Å². The minimum absolute atomic E-state index is 1.38. The number of hydrogen-bond donors (Lipinski definition) is 0. The SMILES string of the molecule is Cc1cc(C)c[c]([Sn])c1. The normalized spacial score (nSPS) is 9.67. The van der Waals surface area contributed by atoms with Crippen molar-refractivity contribution >= 4 is 26.1 Å². The van der Waals surface area contributed by atoms with Crippen LogP contribution >= 0.6 is 0 Å². The zero-order valence-corrected chi connectivity index (χ0v) is 8.59. The first kappa shape index (κ1) is 7.13. The topological polar surface area (TPSA) is 0 Å². The van der Waals surface area contributed by atoms with E-state index in [1.807, 2.05) is 0 Å². The van der Waals surface area contributed by atoms with Crippen molar-refractivity contribution in [3.05, 3.63) is 29.3 Å². The van der Waals surface area contributed by atoms with Gasteiger partial charge in [0, 0.05) is 0 Å². The van der Waals surface area contributed by atoms with Crippen molar-refractivity contribution in [3.8, 4) is 0 Å². The van der Waals surface area contributed by atoms with E-state index in [1.165, 1.54) is 37.2 Å². The van der Waals surface area contributed by atoms with Crippen LogP contribution in [0.5, 0.6) is 0 Å². The molecular formula is C8H9Sn. The van der Waals surface area contributed by atoms with Gasteiger partial charge in [0.25, 0.3) is 0 Å². The summed E-state index contributed by atoms with van der Waals surface area (Å²) in [7, 11) is 0. The number of benzene rings is 1. The van der Waals surface area contributed by atoms with Crippen molar-refractivity contribution in [1.82, 2.24) is 0 Å². The molecular weight excluding hydrogens is 215 g/mol. The van der Waals surface area contributed by atoms with E-state index in [9.17, 15) is 0 Å². The number of hydrogen-bond acceptors (Lipinski definition) is 0. The Morgan fingerprint density at radius 1 is 1.00 bits per heavy atom. The Labute approximate surface area is 69.4 Å². The van der Waals surface area contributed by atoms with Gasteiger partial charge >= 0.3 is 69.3 Å². The third-order valence-electron chi connectivity index (χ3n) is 1.22. The van der Waals surface area contributed by atoms with Crippen molar-refractivity contribution in [1.29, 1.82) is 0 Å². The average molecular weight is 224 g/mol. The molecule has 45 valence electrons. The van der Waals surface area contributed by atoms with Crippen LogP contribution in [0, 0.1) is 13.8 Å². The van der Waals surface area contributed by atoms with E-state index < -0.39 is 0 Å². The van der Waals surface area contributed by atoms with Gasteiger partial charge in [-0.25, -0.2) is 0 Å². The standard InChI is InChI=1S/C8H9.Sn/c1-7-4-3-5-8(2)6-7;/h4-6H,1-2H3;. The van der Waals surface area contributed by atoms with E-state index in [0.717, 1.165) is 0 Å². The van der Waals surface area contributed by atoms with Crippen LogP contribution < -0.4 is 3.58 Å². The molecule has 0 fully saturated rings. The van der Waals surface area contributed by atoms with Crippen molar-refractivity contribution in [2.24, 2.45) is 0 Å². The zero-order chi connectivity index (χ0) is 6.85. The first-order valence-corrected chi connectivity index (χ1v) is 4.41. The van der Waals surface area contributed by atoms with E-state index >= 15 is 0 Å². The van der Waals surface area contributed by atoms with Crippen LogP contribution in [0.25, 0.3) is 0 Å². The molecule has 0 nitrogen and oxygen atoms in total. The molecule has 3 radical (unpaired) electrons. The molecule has 0 N–H and O–H groups in total. The summed E-state index contributed by atoms with van der Waals surface area (Å²) >= 11 is 1.51. The molecule has 0 heterocycles. The Morgan fingerprint density at radius 3 is 1.78 bits per heavy atom. The Kier molecular flexibility index (Phi) is 2.17. The van der Waals surface area contributed by atoms with Crippen LogP contribution in [0.15, 0.2) is 18.2 Å². The predicted molar refractivity (Wildman–Crippen MR) is 41.3 cm³/mol. The van der Waals surface area contributed by atoms with Crippen molar-refractivity contribution in [2.75, 3.05) is 0 Å². The van der Waals surface area contributed by atoms with Crippen LogP contribution in [0.1, 0.15) is 11.1 Å². The second-order valence-electron chi connectivity index (χ2n) is 2.38. The molecule has 0 aromatic heterocycles. The molecule has 0 atom stereocenters. The van der Waals surface area contributed by atoms with Gasteiger partial charge in [0.2, 0.25) is 0 Å². The van der Waals surface area contributed by atoms with E-state index in [4.69, 9.17) is 0 Å². The van der Waals surface area contributed by atoms with Crippen LogP contribution in [0.2, 0.25) is 0 Å². The molecule has 0 saturated carbocycles. The first-order valence-electron chi connectivity index (χ1n) is 2.98. The van der Waals surface area contributed by atoms with Gasteiger partial charge in [-0.2, -0.15) is 0 Å². The average Bonchev–Trinajstić information content (AvgIpc) is 1.59. The van der Waals surface area contributed by atoms with Gasteiger partial charge in [0.15, 0.2) is 0 Å². The van der Waals surface area contributed by atoms with Crippen molar-refractivity contribution in [2.45, 2.75) is 13.8 Å². The maximum absolute atomic E-state index is 2.23. The molecule has 1 aromatic carbocycles. The first-order chi connectivity index (χ1) is 4.18. The second kappa shape index (κ2) is 2.73. The summed E-state index contributed by atoms with van der Waals surface area (Å²) in [6.45, 7) is 4.28. The van der Waals surface area contributed by atoms with Crippen molar-refractivity contribution < 1.29 is 0 Å². The minimum atomic E-state index is 1.38. The Morgan fingerprint density at radius 2 is 1.44 bits per heavy atom. The van der Waals surface area contributed by atoms with Gasteiger partial charge in [-0.05, 0) is 0 Å². The Hall–Kier alpha value is 0.0187. The molecule has 0 aliphatic rings. The molecule has 1 aromatic rings. The molecule has 1 heteroatoms. The second-order valence-corrected chi connectivity index (χ2v) is 4.02. The summed E-state index contributed by atoms with van der Waals surface area (Å²) < 4.78 is 1.44. The van der Waals surface area contributed by atoms with E-state index in [2.05, 4.69) is 32.0 Å². The quantitative estimate of drug-likeness (QED) is 0.578. The summed E-state index contributed by atoms with van der Waals surface area (Å²) in [5.74, 6) is 0. The van der Waals surface area contributed by atoms with Gasteiger partial charge in [-0.3, -0.25) is 0 Å². The fourth-order valence-electron chi connectivity index (χ4n) is 0.975. The van der Waals surface area contributed by atoms with Gasteiger partial charge < -0.3 is 0 Å². The third-order valence-corrected chi connectivity index (χ3v) is 2.05. The monoisotopic (exact) mass is 225 g/mol. The van der Waals surface area contributed by atoms with E-state index in [-0.39, 0.29) is 0 Å². The summed E-state index contributed by atoms with van der Waals surface area (Å²) in [6.07, 6.45) is 0. The van der Waals surface area contributed by atoms with Crippen LogP contribution in [0.3, 0.4) is 0 Å². The molecule has 0 saturated heterocycles. The number of rotatable bonds is 0. The molecule has 9 heavy (non-hydrogen) atoms. The van der Waals surface area contributed by atoms with Crippen LogP contribution in [0.4, 0.5) is 0 Å². The summed E-state index contributed by atoms with van der Waals surface area (Å²) in [5.41, 5.74) is 2.75. The fraction of sp³-hybridized carbons (Fsp3) is 0.250. The van der Waals surface area contributed by atoms with Crippen LogP contribution in [-0.4, -0.2) is 22.5 Å². The third kappa shape index (κ3) is 2.01. The number of aryl methyl sites for hydroxylation is 2.